The smallest absolute Gasteiger partial charge is 0.238 e. The Morgan fingerprint density at radius 1 is 1.30 bits per heavy atom. The number of amides is 1. The first-order valence-corrected chi connectivity index (χ1v) is 8.21. The molecule has 0 saturated carbocycles. The number of aryl methyl sites for hydroxylation is 1. The van der Waals surface area contributed by atoms with Gasteiger partial charge in [0.25, 0.3) is 0 Å². The van der Waals surface area contributed by atoms with Crippen molar-refractivity contribution in [3.8, 4) is 0 Å². The van der Waals surface area contributed by atoms with Crippen LogP contribution in [-0.2, 0) is 4.79 Å². The molecule has 20 heavy (non-hydrogen) atoms. The van der Waals surface area contributed by atoms with E-state index in [2.05, 4.69) is 38.3 Å². The number of rotatable bonds is 4. The van der Waals surface area contributed by atoms with E-state index < -0.39 is 0 Å². The van der Waals surface area contributed by atoms with Gasteiger partial charge in [-0.25, -0.2) is 0 Å². The summed E-state index contributed by atoms with van der Waals surface area (Å²) in [4.78, 5) is 14.3. The molecule has 1 aromatic rings. The molecule has 3 nitrogen and oxygen atoms in total. The molecule has 0 radical (unpaired) electrons. The lowest BCUT2D eigenvalue weighted by Crippen LogP contribution is -2.27. The zero-order valence-corrected chi connectivity index (χ0v) is 14.0. The van der Waals surface area contributed by atoms with E-state index in [-0.39, 0.29) is 16.7 Å². The second kappa shape index (κ2) is 6.61. The Hall–Kier alpha value is -1.03. The van der Waals surface area contributed by atoms with Gasteiger partial charge >= 0.3 is 0 Å². The molecule has 0 aliphatic carbocycles. The van der Waals surface area contributed by atoms with Crippen molar-refractivity contribution in [2.45, 2.75) is 38.4 Å². The van der Waals surface area contributed by atoms with E-state index in [1.54, 1.807) is 0 Å². The highest BCUT2D eigenvalue weighted by atomic mass is 79.9. The quantitative estimate of drug-likeness (QED) is 0.843. The number of hydrogen-bond donors (Lipinski definition) is 1. The van der Waals surface area contributed by atoms with Gasteiger partial charge in [0.15, 0.2) is 0 Å². The van der Waals surface area contributed by atoms with Crippen molar-refractivity contribution in [3.05, 3.63) is 23.8 Å². The van der Waals surface area contributed by atoms with E-state index in [9.17, 15) is 4.79 Å². The standard InChI is InChI=1S/C16H23BrN2O/c1-11(2)15(17)16(20)18-14-7-6-13(10-12(14)3)19-8-4-5-9-19/h6-7,10-11,15H,4-5,8-9H2,1-3H3,(H,18,20). The van der Waals surface area contributed by atoms with Gasteiger partial charge in [-0.05, 0) is 49.4 Å². The van der Waals surface area contributed by atoms with E-state index >= 15 is 0 Å². The lowest BCUT2D eigenvalue weighted by molar-refractivity contribution is -0.116. The van der Waals surface area contributed by atoms with Crippen LogP contribution >= 0.6 is 15.9 Å². The number of hydrogen-bond acceptors (Lipinski definition) is 2. The summed E-state index contributed by atoms with van der Waals surface area (Å²) >= 11 is 3.44. The van der Waals surface area contributed by atoms with Gasteiger partial charge in [0.1, 0.15) is 0 Å². The molecule has 1 aromatic carbocycles. The number of alkyl halides is 1. The molecule has 1 amide bonds. The fourth-order valence-electron chi connectivity index (χ4n) is 2.46. The summed E-state index contributed by atoms with van der Waals surface area (Å²) in [5.74, 6) is 0.302. The summed E-state index contributed by atoms with van der Waals surface area (Å²) < 4.78 is 0. The van der Waals surface area contributed by atoms with Gasteiger partial charge < -0.3 is 10.2 Å². The largest absolute Gasteiger partial charge is 0.372 e. The minimum Gasteiger partial charge on any atom is -0.372 e. The highest BCUT2D eigenvalue weighted by Gasteiger charge is 2.19. The summed E-state index contributed by atoms with van der Waals surface area (Å²) in [5, 5.41) is 3.00. The summed E-state index contributed by atoms with van der Waals surface area (Å²) in [6, 6.07) is 6.28. The van der Waals surface area contributed by atoms with Crippen molar-refractivity contribution in [1.82, 2.24) is 0 Å². The Morgan fingerprint density at radius 2 is 1.95 bits per heavy atom. The van der Waals surface area contributed by atoms with E-state index in [1.165, 1.54) is 18.5 Å². The number of nitrogens with zero attached hydrogens (tertiary/aromatic N) is 1. The van der Waals surface area contributed by atoms with Crippen LogP contribution in [0.3, 0.4) is 0 Å². The number of carbonyl (C=O) groups is 1. The van der Waals surface area contributed by atoms with Gasteiger partial charge in [-0.1, -0.05) is 29.8 Å². The van der Waals surface area contributed by atoms with Crippen LogP contribution in [0, 0.1) is 12.8 Å². The van der Waals surface area contributed by atoms with Crippen molar-refractivity contribution in [3.63, 3.8) is 0 Å². The number of carbonyl (C=O) groups excluding carboxylic acids is 1. The SMILES string of the molecule is Cc1cc(N2CCCC2)ccc1NC(=O)C(Br)C(C)C. The monoisotopic (exact) mass is 338 g/mol. The third-order valence-electron chi connectivity index (χ3n) is 3.77. The fraction of sp³-hybridized carbons (Fsp3) is 0.562. The van der Waals surface area contributed by atoms with E-state index in [1.807, 2.05) is 26.8 Å². The summed E-state index contributed by atoms with van der Waals surface area (Å²) in [6.45, 7) is 8.39. The average molecular weight is 339 g/mol. The van der Waals surface area contributed by atoms with E-state index in [4.69, 9.17) is 0 Å². The van der Waals surface area contributed by atoms with Crippen LogP contribution in [0.2, 0.25) is 0 Å². The lowest BCUT2D eigenvalue weighted by Gasteiger charge is -2.20. The zero-order chi connectivity index (χ0) is 14.7. The first-order valence-electron chi connectivity index (χ1n) is 7.29. The van der Waals surface area contributed by atoms with Crippen molar-refractivity contribution in [2.24, 2.45) is 5.92 Å². The van der Waals surface area contributed by atoms with E-state index in [0.717, 1.165) is 24.3 Å². The maximum Gasteiger partial charge on any atom is 0.238 e. The maximum atomic E-state index is 12.1. The predicted octanol–water partition coefficient (Wildman–Crippen LogP) is 3.95. The highest BCUT2D eigenvalue weighted by Crippen LogP contribution is 2.26. The molecule has 1 fully saturated rings. The van der Waals surface area contributed by atoms with Gasteiger partial charge in [0.05, 0.1) is 4.83 Å². The number of anilines is 2. The van der Waals surface area contributed by atoms with Crippen molar-refractivity contribution in [1.29, 1.82) is 0 Å². The van der Waals surface area contributed by atoms with Gasteiger partial charge in [0.2, 0.25) is 5.91 Å². The van der Waals surface area contributed by atoms with Crippen LogP contribution in [0.25, 0.3) is 0 Å². The molecule has 1 unspecified atom stereocenters. The molecule has 1 aliphatic rings. The van der Waals surface area contributed by atoms with Crippen LogP contribution in [0.4, 0.5) is 11.4 Å². The second-order valence-corrected chi connectivity index (χ2v) is 6.81. The molecule has 1 N–H and O–H groups in total. The summed E-state index contributed by atoms with van der Waals surface area (Å²) in [7, 11) is 0. The molecule has 110 valence electrons. The first kappa shape index (κ1) is 15.4. The number of halogens is 1. The normalized spacial score (nSPS) is 16.6. The Labute approximate surface area is 129 Å². The third kappa shape index (κ3) is 3.54. The minimum atomic E-state index is -0.153. The van der Waals surface area contributed by atoms with Gasteiger partial charge in [-0.15, -0.1) is 0 Å². The van der Waals surface area contributed by atoms with Gasteiger partial charge in [0, 0.05) is 24.5 Å². The van der Waals surface area contributed by atoms with Crippen LogP contribution in [0.15, 0.2) is 18.2 Å². The molecule has 0 aromatic heterocycles. The third-order valence-corrected chi connectivity index (χ3v) is 5.25. The Morgan fingerprint density at radius 3 is 2.50 bits per heavy atom. The Balaban J connectivity index is 2.08. The maximum absolute atomic E-state index is 12.1. The van der Waals surface area contributed by atoms with Crippen LogP contribution in [0.1, 0.15) is 32.3 Å². The molecule has 1 heterocycles. The van der Waals surface area contributed by atoms with Gasteiger partial charge in [-0.2, -0.15) is 0 Å². The molecule has 1 saturated heterocycles. The lowest BCUT2D eigenvalue weighted by atomic mass is 10.1. The van der Waals surface area contributed by atoms with Crippen LogP contribution < -0.4 is 10.2 Å². The Bertz CT molecular complexity index is 481. The summed E-state index contributed by atoms with van der Waals surface area (Å²) in [5.41, 5.74) is 3.28. The minimum absolute atomic E-state index is 0.0250. The summed E-state index contributed by atoms with van der Waals surface area (Å²) in [6.07, 6.45) is 2.55. The highest BCUT2D eigenvalue weighted by molar-refractivity contribution is 9.10. The van der Waals surface area contributed by atoms with Gasteiger partial charge in [-0.3, -0.25) is 4.79 Å². The molecule has 4 heteroatoms. The fourth-order valence-corrected chi connectivity index (χ4v) is 2.58. The van der Waals surface area contributed by atoms with Crippen molar-refractivity contribution >= 4 is 33.2 Å². The number of benzene rings is 1. The van der Waals surface area contributed by atoms with Crippen molar-refractivity contribution in [2.75, 3.05) is 23.3 Å². The zero-order valence-electron chi connectivity index (χ0n) is 12.4. The molecule has 0 spiro atoms. The molecule has 1 aliphatic heterocycles. The van der Waals surface area contributed by atoms with Crippen LogP contribution in [-0.4, -0.2) is 23.8 Å². The van der Waals surface area contributed by atoms with Crippen molar-refractivity contribution < 1.29 is 4.79 Å². The average Bonchev–Trinajstić information content (AvgIpc) is 2.93. The molecular weight excluding hydrogens is 316 g/mol. The number of nitrogens with one attached hydrogen (secondary N) is 1. The van der Waals surface area contributed by atoms with Crippen LogP contribution in [0.5, 0.6) is 0 Å². The molecular formula is C16H23BrN2O. The predicted molar refractivity (Wildman–Crippen MR) is 88.8 cm³/mol. The topological polar surface area (TPSA) is 32.3 Å². The first-order chi connectivity index (χ1) is 9.49. The van der Waals surface area contributed by atoms with E-state index in [0.29, 0.717) is 0 Å². The second-order valence-electron chi connectivity index (χ2n) is 5.83. The molecule has 0 bridgehead atoms. The molecule has 2 rings (SSSR count). The molecule has 1 atom stereocenters. The Kier molecular flexibility index (Phi) is 5.08.